The molecule has 1 aromatic heterocycles. The van der Waals surface area contributed by atoms with Crippen molar-refractivity contribution in [1.82, 2.24) is 19.8 Å². The Labute approximate surface area is 157 Å². The maximum absolute atomic E-state index is 12.9. The van der Waals surface area contributed by atoms with Crippen molar-refractivity contribution >= 4 is 17.7 Å². The molecule has 1 aromatic carbocycles. The van der Waals surface area contributed by atoms with Crippen LogP contribution in [0.1, 0.15) is 47.7 Å². The fourth-order valence-electron chi connectivity index (χ4n) is 4.22. The zero-order valence-corrected chi connectivity index (χ0v) is 15.5. The second-order valence-electron chi connectivity index (χ2n) is 7.30. The molecule has 1 spiro atoms. The Morgan fingerprint density at radius 2 is 1.81 bits per heavy atom. The van der Waals surface area contributed by atoms with Crippen molar-refractivity contribution in [3.8, 4) is 5.69 Å². The lowest BCUT2D eigenvalue weighted by Gasteiger charge is -2.19. The molecule has 1 aliphatic heterocycles. The average molecular weight is 366 g/mol. The van der Waals surface area contributed by atoms with Gasteiger partial charge in [-0.15, -0.1) is 0 Å². The fourth-order valence-corrected chi connectivity index (χ4v) is 4.22. The molecule has 3 amide bonds. The molecule has 0 unspecified atom stereocenters. The molecule has 7 heteroatoms. The van der Waals surface area contributed by atoms with Gasteiger partial charge in [-0.05, 0) is 38.8 Å². The number of ketones is 1. The summed E-state index contributed by atoms with van der Waals surface area (Å²) in [5, 5.41) is 2.80. The maximum Gasteiger partial charge on any atom is 0.325 e. The number of para-hydroxylation sites is 1. The Hall–Kier alpha value is -2.96. The van der Waals surface area contributed by atoms with E-state index in [9.17, 15) is 14.4 Å². The highest BCUT2D eigenvalue weighted by Gasteiger charge is 2.52. The molecular weight excluding hydrogens is 344 g/mol. The van der Waals surface area contributed by atoms with E-state index in [1.807, 2.05) is 48.7 Å². The van der Waals surface area contributed by atoms with E-state index in [1.54, 1.807) is 0 Å². The molecule has 2 fully saturated rings. The number of Topliss-reactive ketones (excluding diaryl/α,β-unsaturated/α-hetero) is 1. The van der Waals surface area contributed by atoms with Gasteiger partial charge in [-0.2, -0.15) is 0 Å². The van der Waals surface area contributed by atoms with Crippen LogP contribution in [0.4, 0.5) is 4.79 Å². The number of imide groups is 1. The third-order valence-electron chi connectivity index (χ3n) is 5.56. The van der Waals surface area contributed by atoms with Gasteiger partial charge in [-0.1, -0.05) is 31.0 Å². The Balaban J connectivity index is 1.59. The summed E-state index contributed by atoms with van der Waals surface area (Å²) in [7, 11) is 0. The first kappa shape index (κ1) is 17.5. The summed E-state index contributed by atoms with van der Waals surface area (Å²) < 4.78 is 1.90. The SMILES string of the molecule is Cc1nc(C(=O)CN2C(=O)NC3(CCCC3)C2=O)c(C)n1-c1ccccc1. The van der Waals surface area contributed by atoms with E-state index in [-0.39, 0.29) is 18.2 Å². The molecule has 140 valence electrons. The first-order valence-corrected chi connectivity index (χ1v) is 9.22. The van der Waals surface area contributed by atoms with Crippen LogP contribution in [0.5, 0.6) is 0 Å². The zero-order chi connectivity index (χ0) is 19.2. The Kier molecular flexibility index (Phi) is 4.09. The molecule has 27 heavy (non-hydrogen) atoms. The highest BCUT2D eigenvalue weighted by molar-refractivity contribution is 6.11. The molecule has 1 saturated heterocycles. The molecule has 4 rings (SSSR count). The smallest absolute Gasteiger partial charge is 0.323 e. The first-order chi connectivity index (χ1) is 12.9. The highest BCUT2D eigenvalue weighted by atomic mass is 16.2. The quantitative estimate of drug-likeness (QED) is 0.666. The molecule has 2 aromatic rings. The van der Waals surface area contributed by atoms with E-state index in [0.29, 0.717) is 30.1 Å². The fraction of sp³-hybridized carbons (Fsp3) is 0.400. The van der Waals surface area contributed by atoms with Gasteiger partial charge >= 0.3 is 6.03 Å². The summed E-state index contributed by atoms with van der Waals surface area (Å²) in [4.78, 5) is 43.4. The van der Waals surface area contributed by atoms with Crippen LogP contribution in [0, 0.1) is 13.8 Å². The van der Waals surface area contributed by atoms with Gasteiger partial charge in [0.2, 0.25) is 5.78 Å². The van der Waals surface area contributed by atoms with Crippen molar-refractivity contribution < 1.29 is 14.4 Å². The number of carbonyl (C=O) groups is 3. The molecule has 0 radical (unpaired) electrons. The van der Waals surface area contributed by atoms with Gasteiger partial charge in [0.25, 0.3) is 5.91 Å². The lowest BCUT2D eigenvalue weighted by atomic mass is 9.98. The van der Waals surface area contributed by atoms with Crippen molar-refractivity contribution in [1.29, 1.82) is 0 Å². The maximum atomic E-state index is 12.9. The minimum Gasteiger partial charge on any atom is -0.323 e. The van der Waals surface area contributed by atoms with Crippen LogP contribution in [0.15, 0.2) is 30.3 Å². The van der Waals surface area contributed by atoms with E-state index in [0.717, 1.165) is 23.4 Å². The third-order valence-corrected chi connectivity index (χ3v) is 5.56. The highest BCUT2D eigenvalue weighted by Crippen LogP contribution is 2.35. The van der Waals surface area contributed by atoms with Gasteiger partial charge in [-0.3, -0.25) is 14.5 Å². The molecule has 0 atom stereocenters. The molecule has 1 N–H and O–H groups in total. The van der Waals surface area contributed by atoms with E-state index >= 15 is 0 Å². The predicted octanol–water partition coefficient (Wildman–Crippen LogP) is 2.54. The molecular formula is C20H22N4O3. The molecule has 1 saturated carbocycles. The van der Waals surface area contributed by atoms with Crippen molar-refractivity contribution in [2.75, 3.05) is 6.54 Å². The standard InChI is InChI=1S/C20H22N4O3/c1-13-17(21-14(2)24(13)15-8-4-3-5-9-15)16(25)12-23-18(26)20(22-19(23)27)10-6-7-11-20/h3-5,8-9H,6-7,10-12H2,1-2H3,(H,22,27). The van der Waals surface area contributed by atoms with Crippen molar-refractivity contribution in [3.05, 3.63) is 47.5 Å². The number of nitrogens with one attached hydrogen (secondary N) is 1. The average Bonchev–Trinajstić information content (AvgIpc) is 3.30. The van der Waals surface area contributed by atoms with E-state index in [4.69, 9.17) is 0 Å². The van der Waals surface area contributed by atoms with E-state index in [2.05, 4.69) is 10.3 Å². The summed E-state index contributed by atoms with van der Waals surface area (Å²) in [5.41, 5.74) is 1.11. The minimum absolute atomic E-state index is 0.279. The molecule has 2 aliphatic rings. The van der Waals surface area contributed by atoms with Gasteiger partial charge in [0.05, 0.1) is 12.2 Å². The van der Waals surface area contributed by atoms with Gasteiger partial charge in [0, 0.05) is 5.69 Å². The number of carbonyl (C=O) groups excluding carboxylic acids is 3. The third kappa shape index (κ3) is 2.74. The number of aryl methyl sites for hydroxylation is 1. The Morgan fingerprint density at radius 1 is 1.15 bits per heavy atom. The van der Waals surface area contributed by atoms with Crippen LogP contribution in [0.3, 0.4) is 0 Å². The number of nitrogens with zero attached hydrogens (tertiary/aromatic N) is 3. The van der Waals surface area contributed by atoms with E-state index in [1.165, 1.54) is 0 Å². The van der Waals surface area contributed by atoms with Gasteiger partial charge in [0.1, 0.15) is 17.1 Å². The monoisotopic (exact) mass is 366 g/mol. The Bertz CT molecular complexity index is 926. The number of urea groups is 1. The number of imidazole rings is 1. The Morgan fingerprint density at radius 3 is 2.48 bits per heavy atom. The van der Waals surface area contributed by atoms with Gasteiger partial charge in [0.15, 0.2) is 0 Å². The largest absolute Gasteiger partial charge is 0.325 e. The summed E-state index contributed by atoms with van der Waals surface area (Å²) >= 11 is 0. The van der Waals surface area contributed by atoms with Crippen LogP contribution >= 0.6 is 0 Å². The second kappa shape index (κ2) is 6.33. The van der Waals surface area contributed by atoms with E-state index < -0.39 is 11.6 Å². The summed E-state index contributed by atoms with van der Waals surface area (Å²) in [6, 6.07) is 9.17. The number of aromatic nitrogens is 2. The van der Waals surface area contributed by atoms with Crippen LogP contribution in [0.2, 0.25) is 0 Å². The first-order valence-electron chi connectivity index (χ1n) is 9.22. The van der Waals surface area contributed by atoms with Crippen LogP contribution in [0.25, 0.3) is 5.69 Å². The predicted molar refractivity (Wildman–Crippen MR) is 98.8 cm³/mol. The number of benzene rings is 1. The lowest BCUT2D eigenvalue weighted by molar-refractivity contribution is -0.130. The van der Waals surface area contributed by atoms with Gasteiger partial charge < -0.3 is 9.88 Å². The number of hydrogen-bond donors (Lipinski definition) is 1. The molecule has 1 aliphatic carbocycles. The molecule has 2 heterocycles. The van der Waals surface area contributed by atoms with Crippen LogP contribution in [-0.2, 0) is 4.79 Å². The second-order valence-corrected chi connectivity index (χ2v) is 7.30. The van der Waals surface area contributed by atoms with Crippen LogP contribution < -0.4 is 5.32 Å². The lowest BCUT2D eigenvalue weighted by Crippen LogP contribution is -2.44. The normalized spacial score (nSPS) is 18.4. The zero-order valence-electron chi connectivity index (χ0n) is 15.5. The van der Waals surface area contributed by atoms with Crippen molar-refractivity contribution in [2.24, 2.45) is 0 Å². The van der Waals surface area contributed by atoms with Crippen LogP contribution in [-0.4, -0.2) is 44.3 Å². The van der Waals surface area contributed by atoms with Crippen molar-refractivity contribution in [3.63, 3.8) is 0 Å². The minimum atomic E-state index is -0.800. The summed E-state index contributed by atoms with van der Waals surface area (Å²) in [5.74, 6) is 0.0746. The number of rotatable bonds is 4. The molecule has 0 bridgehead atoms. The topological polar surface area (TPSA) is 84.3 Å². The molecule has 7 nitrogen and oxygen atoms in total. The number of hydrogen-bond acceptors (Lipinski definition) is 4. The number of amides is 3. The van der Waals surface area contributed by atoms with Gasteiger partial charge in [-0.25, -0.2) is 9.78 Å². The summed E-state index contributed by atoms with van der Waals surface area (Å²) in [6.45, 7) is 3.38. The van der Waals surface area contributed by atoms with Crippen molar-refractivity contribution in [2.45, 2.75) is 45.1 Å². The summed E-state index contributed by atoms with van der Waals surface area (Å²) in [6.07, 6.45) is 3.10.